The first kappa shape index (κ1) is 11.5. The molecule has 0 fully saturated rings. The van der Waals surface area contributed by atoms with Gasteiger partial charge in [0.05, 0.1) is 0 Å². The monoisotopic (exact) mass is 228 g/mol. The second-order valence-electron chi connectivity index (χ2n) is 4.39. The fraction of sp³-hybridized carbons (Fsp3) is 0.200. The van der Waals surface area contributed by atoms with E-state index in [-0.39, 0.29) is 11.5 Å². The van der Waals surface area contributed by atoms with Crippen LogP contribution in [-0.4, -0.2) is 10.2 Å². The molecule has 2 nitrogen and oxygen atoms in total. The van der Waals surface area contributed by atoms with Gasteiger partial charge < -0.3 is 10.2 Å². The molecule has 0 spiro atoms. The molecular weight excluding hydrogens is 212 g/mol. The Morgan fingerprint density at radius 1 is 0.824 bits per heavy atom. The van der Waals surface area contributed by atoms with Crippen LogP contribution in [0.4, 0.5) is 0 Å². The summed E-state index contributed by atoms with van der Waals surface area (Å²) in [6, 6.07) is 9.40. The summed E-state index contributed by atoms with van der Waals surface area (Å²) in [7, 11) is 0. The summed E-state index contributed by atoms with van der Waals surface area (Å²) in [5.74, 6) is 0.252. The van der Waals surface area contributed by atoms with Crippen molar-refractivity contribution in [1.29, 1.82) is 0 Å². The lowest BCUT2D eigenvalue weighted by molar-refractivity contribution is 0.443. The van der Waals surface area contributed by atoms with Crippen molar-refractivity contribution >= 4 is 0 Å². The summed E-state index contributed by atoms with van der Waals surface area (Å²) in [6.07, 6.45) is 0. The van der Waals surface area contributed by atoms with Gasteiger partial charge in [-0.25, -0.2) is 0 Å². The highest BCUT2D eigenvalue weighted by Gasteiger charge is 2.09. The van der Waals surface area contributed by atoms with Gasteiger partial charge in [0, 0.05) is 5.56 Å². The largest absolute Gasteiger partial charge is 0.508 e. The van der Waals surface area contributed by atoms with Crippen molar-refractivity contribution in [2.75, 3.05) is 0 Å². The van der Waals surface area contributed by atoms with Crippen molar-refractivity contribution in [2.24, 2.45) is 0 Å². The number of aryl methyl sites for hydroxylation is 1. The quantitative estimate of drug-likeness (QED) is 0.781. The molecular formula is C15H16O2. The minimum absolute atomic E-state index is 0.126. The van der Waals surface area contributed by atoms with E-state index in [4.69, 9.17) is 0 Å². The van der Waals surface area contributed by atoms with E-state index in [1.54, 1.807) is 19.1 Å². The van der Waals surface area contributed by atoms with Gasteiger partial charge in [-0.1, -0.05) is 18.2 Å². The van der Waals surface area contributed by atoms with Gasteiger partial charge in [0.2, 0.25) is 0 Å². The summed E-state index contributed by atoms with van der Waals surface area (Å²) in [6.45, 7) is 5.78. The van der Waals surface area contributed by atoms with Crippen LogP contribution in [0.25, 0.3) is 11.1 Å². The smallest absolute Gasteiger partial charge is 0.122 e. The number of aromatic hydroxyl groups is 2. The third kappa shape index (κ3) is 1.98. The molecule has 2 aromatic rings. The van der Waals surface area contributed by atoms with Gasteiger partial charge in [-0.05, 0) is 55.2 Å². The fourth-order valence-corrected chi connectivity index (χ4v) is 1.90. The van der Waals surface area contributed by atoms with Gasteiger partial charge >= 0.3 is 0 Å². The zero-order valence-electron chi connectivity index (χ0n) is 10.3. The molecule has 2 rings (SSSR count). The first-order valence-electron chi connectivity index (χ1n) is 5.60. The maximum absolute atomic E-state index is 9.74. The molecule has 0 bridgehead atoms. The van der Waals surface area contributed by atoms with E-state index in [0.29, 0.717) is 5.56 Å². The van der Waals surface area contributed by atoms with Crippen LogP contribution >= 0.6 is 0 Å². The number of hydrogen-bond donors (Lipinski definition) is 2. The van der Waals surface area contributed by atoms with E-state index >= 15 is 0 Å². The van der Waals surface area contributed by atoms with E-state index < -0.39 is 0 Å². The molecule has 2 N–H and O–H groups in total. The Morgan fingerprint density at radius 3 is 2.00 bits per heavy atom. The van der Waals surface area contributed by atoms with E-state index in [9.17, 15) is 10.2 Å². The van der Waals surface area contributed by atoms with Crippen molar-refractivity contribution in [3.63, 3.8) is 0 Å². The van der Waals surface area contributed by atoms with Crippen LogP contribution in [0.1, 0.15) is 16.7 Å². The molecule has 0 aliphatic rings. The maximum Gasteiger partial charge on any atom is 0.122 e. The van der Waals surface area contributed by atoms with Crippen molar-refractivity contribution in [3.05, 3.63) is 47.0 Å². The molecule has 2 heteroatoms. The number of phenols is 2. The Morgan fingerprint density at radius 2 is 1.41 bits per heavy atom. The highest BCUT2D eigenvalue weighted by Crippen LogP contribution is 2.34. The normalized spacial score (nSPS) is 10.5. The van der Waals surface area contributed by atoms with E-state index in [0.717, 1.165) is 16.7 Å². The molecule has 2 aromatic carbocycles. The summed E-state index contributed by atoms with van der Waals surface area (Å²) in [5.41, 5.74) is 4.75. The number of rotatable bonds is 1. The van der Waals surface area contributed by atoms with Crippen LogP contribution in [0, 0.1) is 20.8 Å². The summed E-state index contributed by atoms with van der Waals surface area (Å²) < 4.78 is 0. The summed E-state index contributed by atoms with van der Waals surface area (Å²) in [4.78, 5) is 0. The van der Waals surface area contributed by atoms with E-state index in [1.807, 2.05) is 32.0 Å². The van der Waals surface area contributed by atoms with Crippen LogP contribution in [0.15, 0.2) is 30.3 Å². The van der Waals surface area contributed by atoms with Gasteiger partial charge in [-0.3, -0.25) is 0 Å². The number of hydrogen-bond acceptors (Lipinski definition) is 2. The topological polar surface area (TPSA) is 40.5 Å². The predicted octanol–water partition coefficient (Wildman–Crippen LogP) is 3.69. The van der Waals surface area contributed by atoms with Gasteiger partial charge in [-0.2, -0.15) is 0 Å². The molecule has 0 aliphatic carbocycles. The molecule has 0 saturated heterocycles. The molecule has 0 unspecified atom stereocenters. The maximum atomic E-state index is 9.74. The third-order valence-electron chi connectivity index (χ3n) is 3.27. The van der Waals surface area contributed by atoms with Gasteiger partial charge in [0.25, 0.3) is 0 Å². The highest BCUT2D eigenvalue weighted by molar-refractivity contribution is 5.72. The van der Waals surface area contributed by atoms with E-state index in [2.05, 4.69) is 0 Å². The lowest BCUT2D eigenvalue weighted by Gasteiger charge is -2.11. The minimum atomic E-state index is 0.126. The molecule has 0 saturated carbocycles. The highest BCUT2D eigenvalue weighted by atomic mass is 16.3. The predicted molar refractivity (Wildman–Crippen MR) is 69.4 cm³/mol. The summed E-state index contributed by atoms with van der Waals surface area (Å²) >= 11 is 0. The van der Waals surface area contributed by atoms with Gasteiger partial charge in [0.1, 0.15) is 11.5 Å². The second-order valence-corrected chi connectivity index (χ2v) is 4.39. The second kappa shape index (κ2) is 4.13. The van der Waals surface area contributed by atoms with Crippen LogP contribution in [0.2, 0.25) is 0 Å². The van der Waals surface area contributed by atoms with E-state index in [1.165, 1.54) is 5.56 Å². The van der Waals surface area contributed by atoms with Crippen LogP contribution in [0.5, 0.6) is 11.5 Å². The van der Waals surface area contributed by atoms with Crippen LogP contribution < -0.4 is 0 Å². The van der Waals surface area contributed by atoms with Gasteiger partial charge in [-0.15, -0.1) is 0 Å². The van der Waals surface area contributed by atoms with Crippen molar-refractivity contribution < 1.29 is 10.2 Å². The Kier molecular flexibility index (Phi) is 2.80. The Labute approximate surface area is 101 Å². The zero-order chi connectivity index (χ0) is 12.6. The average Bonchev–Trinajstić information content (AvgIpc) is 2.29. The number of benzene rings is 2. The Hall–Kier alpha value is -1.96. The molecule has 0 heterocycles. The molecule has 88 valence electrons. The first-order valence-corrected chi connectivity index (χ1v) is 5.60. The Bertz CT molecular complexity index is 548. The first-order chi connectivity index (χ1) is 8.00. The van der Waals surface area contributed by atoms with Crippen molar-refractivity contribution in [1.82, 2.24) is 0 Å². The zero-order valence-corrected chi connectivity index (χ0v) is 10.3. The Balaban J connectivity index is 2.65. The lowest BCUT2D eigenvalue weighted by atomic mass is 9.96. The molecule has 0 amide bonds. The minimum Gasteiger partial charge on any atom is -0.508 e. The van der Waals surface area contributed by atoms with Crippen LogP contribution in [0.3, 0.4) is 0 Å². The molecule has 17 heavy (non-hydrogen) atoms. The third-order valence-corrected chi connectivity index (χ3v) is 3.27. The molecule has 0 aliphatic heterocycles. The van der Waals surface area contributed by atoms with Gasteiger partial charge in [0.15, 0.2) is 0 Å². The molecule has 0 radical (unpaired) electrons. The summed E-state index contributed by atoms with van der Waals surface area (Å²) in [5, 5.41) is 19.5. The average molecular weight is 228 g/mol. The fourth-order valence-electron chi connectivity index (χ4n) is 1.90. The number of phenolic OH excluding ortho intramolecular Hbond substituents is 2. The standard InChI is InChI=1S/C15H16O2/c1-9-5-4-6-13(10(9)2)12-7-14(16)11(3)15(17)8-12/h4-8,16-17H,1-3H3. The van der Waals surface area contributed by atoms with Crippen molar-refractivity contribution in [3.8, 4) is 22.6 Å². The molecule has 0 atom stereocenters. The SMILES string of the molecule is Cc1cccc(-c2cc(O)c(C)c(O)c2)c1C. The lowest BCUT2D eigenvalue weighted by Crippen LogP contribution is -1.88. The molecule has 0 aromatic heterocycles. The van der Waals surface area contributed by atoms with Crippen molar-refractivity contribution in [2.45, 2.75) is 20.8 Å². The van der Waals surface area contributed by atoms with Crippen LogP contribution in [-0.2, 0) is 0 Å².